The molecule has 0 aromatic rings. The molecule has 0 rings (SSSR count). The van der Waals surface area contributed by atoms with Gasteiger partial charge in [0.2, 0.25) is 0 Å². The zero-order chi connectivity index (χ0) is 17.4. The Balaban J connectivity index is -0.0000000698. The minimum Gasteiger partial charge on any atom is -0.301 e. The molecule has 20 heavy (non-hydrogen) atoms. The molecule has 1 unspecified atom stereocenters. The molecule has 0 aromatic heterocycles. The maximum Gasteiger partial charge on any atom is 0.00642 e. The quantitative estimate of drug-likeness (QED) is 0.492. The van der Waals surface area contributed by atoms with Gasteiger partial charge in [0, 0.05) is 6.04 Å². The van der Waals surface area contributed by atoms with Gasteiger partial charge in [-0.25, -0.2) is 0 Å². The average molecular weight is 292 g/mol. The molecule has 0 N–H and O–H groups in total. The Labute approximate surface area is 133 Å². The van der Waals surface area contributed by atoms with Crippen molar-refractivity contribution in [3.63, 3.8) is 0 Å². The molecule has 0 aromatic carbocycles. The van der Waals surface area contributed by atoms with Crippen LogP contribution in [0.2, 0.25) is 0 Å². The fraction of sp³-hybridized carbons (Fsp3) is 1.00. The molecular weight excluding hydrogens is 242 g/mol. The first-order valence-electron chi connectivity index (χ1n) is 9.41. The molecule has 0 aliphatic carbocycles. The lowest BCUT2D eigenvalue weighted by atomic mass is 10.2. The summed E-state index contributed by atoms with van der Waals surface area (Å²) in [6.07, 6.45) is 5.09. The van der Waals surface area contributed by atoms with Crippen LogP contribution in [0.15, 0.2) is 0 Å². The fourth-order valence-corrected chi connectivity index (χ4v) is 1.39. The summed E-state index contributed by atoms with van der Waals surface area (Å²) in [6.45, 7) is 27.9. The number of nitrogens with zero attached hydrogens (tertiary/aromatic N) is 1. The summed E-state index contributed by atoms with van der Waals surface area (Å²) < 4.78 is 0. The SMILES string of the molecule is CC.CC.CC.CCC.CCCN(CCC)C(C)CC. The van der Waals surface area contributed by atoms with Crippen LogP contribution in [0.4, 0.5) is 0 Å². The molecule has 1 nitrogen and oxygen atoms in total. The van der Waals surface area contributed by atoms with Crippen LogP contribution in [-0.2, 0) is 0 Å². The highest BCUT2D eigenvalue weighted by Gasteiger charge is 2.08. The predicted octanol–water partition coefficient (Wildman–Crippen LogP) is 7.40. The Morgan fingerprint density at radius 1 is 0.650 bits per heavy atom. The van der Waals surface area contributed by atoms with Crippen molar-refractivity contribution in [2.24, 2.45) is 0 Å². The van der Waals surface area contributed by atoms with Crippen molar-refractivity contribution in [2.75, 3.05) is 13.1 Å². The molecule has 0 aliphatic rings. The van der Waals surface area contributed by atoms with Gasteiger partial charge in [-0.05, 0) is 39.3 Å². The van der Waals surface area contributed by atoms with Crippen LogP contribution in [0.3, 0.4) is 0 Å². The lowest BCUT2D eigenvalue weighted by molar-refractivity contribution is 0.204. The highest BCUT2D eigenvalue weighted by atomic mass is 15.1. The van der Waals surface area contributed by atoms with Gasteiger partial charge in [0.25, 0.3) is 0 Å². The van der Waals surface area contributed by atoms with Gasteiger partial charge in [-0.1, -0.05) is 82.6 Å². The van der Waals surface area contributed by atoms with Gasteiger partial charge in [-0.2, -0.15) is 0 Å². The smallest absolute Gasteiger partial charge is 0.00642 e. The molecule has 0 saturated heterocycles. The molecule has 1 heteroatoms. The van der Waals surface area contributed by atoms with Crippen LogP contribution in [-0.4, -0.2) is 24.0 Å². The van der Waals surface area contributed by atoms with Crippen molar-refractivity contribution in [1.82, 2.24) is 4.90 Å². The predicted molar refractivity (Wildman–Crippen MR) is 102 cm³/mol. The Morgan fingerprint density at radius 3 is 1.05 bits per heavy atom. The number of rotatable bonds is 6. The standard InChI is InChI=1S/C10H23N.C3H8.3C2H6/c1-5-8-11(9-6-2)10(4)7-3;1-3-2;3*1-2/h10H,5-9H2,1-4H3;3H2,1-2H3;3*1-2H3. The second-order valence-electron chi connectivity index (χ2n) is 4.00. The van der Waals surface area contributed by atoms with Gasteiger partial charge in [-0.15, -0.1) is 0 Å². The zero-order valence-electron chi connectivity index (χ0n) is 17.3. The second-order valence-corrected chi connectivity index (χ2v) is 4.00. The van der Waals surface area contributed by atoms with Crippen molar-refractivity contribution >= 4 is 0 Å². The van der Waals surface area contributed by atoms with Crippen LogP contribution in [0.1, 0.15) is 109 Å². The van der Waals surface area contributed by atoms with Gasteiger partial charge < -0.3 is 4.90 Å². The van der Waals surface area contributed by atoms with E-state index in [4.69, 9.17) is 0 Å². The van der Waals surface area contributed by atoms with E-state index in [0.29, 0.717) is 0 Å². The maximum absolute atomic E-state index is 2.58. The molecule has 130 valence electrons. The number of hydrogen-bond acceptors (Lipinski definition) is 1. The first-order chi connectivity index (χ1) is 9.67. The summed E-state index contributed by atoms with van der Waals surface area (Å²) in [6, 6.07) is 0.773. The molecule has 0 spiro atoms. The largest absolute Gasteiger partial charge is 0.301 e. The van der Waals surface area contributed by atoms with Crippen LogP contribution in [0.25, 0.3) is 0 Å². The number of hydrogen-bond donors (Lipinski definition) is 0. The highest BCUT2D eigenvalue weighted by molar-refractivity contribution is 4.63. The Bertz CT molecular complexity index is 85.8. The molecule has 0 heterocycles. The maximum atomic E-state index is 2.58. The molecule has 1 atom stereocenters. The van der Waals surface area contributed by atoms with Crippen molar-refractivity contribution in [1.29, 1.82) is 0 Å². The van der Waals surface area contributed by atoms with Crippen LogP contribution in [0.5, 0.6) is 0 Å². The lowest BCUT2D eigenvalue weighted by Gasteiger charge is -2.27. The van der Waals surface area contributed by atoms with Crippen molar-refractivity contribution in [3.8, 4) is 0 Å². The van der Waals surface area contributed by atoms with E-state index < -0.39 is 0 Å². The zero-order valence-corrected chi connectivity index (χ0v) is 17.3. The van der Waals surface area contributed by atoms with Crippen molar-refractivity contribution in [2.45, 2.75) is 115 Å². The van der Waals surface area contributed by atoms with Gasteiger partial charge in [0.15, 0.2) is 0 Å². The third-order valence-electron chi connectivity index (χ3n) is 2.24. The average Bonchev–Trinajstić information content (AvgIpc) is 2.53. The van der Waals surface area contributed by atoms with Crippen molar-refractivity contribution in [3.05, 3.63) is 0 Å². The third kappa shape index (κ3) is 36.1. The van der Waals surface area contributed by atoms with E-state index in [2.05, 4.69) is 46.4 Å². The molecule has 0 fully saturated rings. The first kappa shape index (κ1) is 32.1. The van der Waals surface area contributed by atoms with Gasteiger partial charge in [0.05, 0.1) is 0 Å². The summed E-state index contributed by atoms with van der Waals surface area (Å²) in [5.74, 6) is 0. The molecule has 0 bridgehead atoms. The van der Waals surface area contributed by atoms with Crippen LogP contribution < -0.4 is 0 Å². The van der Waals surface area contributed by atoms with Gasteiger partial charge in [0.1, 0.15) is 0 Å². The van der Waals surface area contributed by atoms with E-state index in [1.165, 1.54) is 38.8 Å². The molecule has 0 saturated carbocycles. The van der Waals surface area contributed by atoms with Crippen LogP contribution in [0, 0.1) is 0 Å². The van der Waals surface area contributed by atoms with E-state index in [1.54, 1.807) is 0 Å². The normalized spacial score (nSPS) is 9.45. The summed E-state index contributed by atoms with van der Waals surface area (Å²) in [4.78, 5) is 2.58. The van der Waals surface area contributed by atoms with E-state index in [0.717, 1.165) is 6.04 Å². The lowest BCUT2D eigenvalue weighted by Crippen LogP contribution is -2.33. The summed E-state index contributed by atoms with van der Waals surface area (Å²) >= 11 is 0. The molecular formula is C19H49N. The van der Waals surface area contributed by atoms with E-state index in [9.17, 15) is 0 Å². The monoisotopic (exact) mass is 291 g/mol. The second kappa shape index (κ2) is 42.8. The molecule has 0 radical (unpaired) electrons. The van der Waals surface area contributed by atoms with Crippen molar-refractivity contribution < 1.29 is 0 Å². The molecule has 0 aliphatic heterocycles. The summed E-state index contributed by atoms with van der Waals surface area (Å²) in [5, 5.41) is 0. The topological polar surface area (TPSA) is 3.24 Å². The highest BCUT2D eigenvalue weighted by Crippen LogP contribution is 2.04. The minimum absolute atomic E-state index is 0.773. The van der Waals surface area contributed by atoms with E-state index in [1.807, 2.05) is 41.5 Å². The third-order valence-corrected chi connectivity index (χ3v) is 2.24. The Hall–Kier alpha value is -0.0400. The summed E-state index contributed by atoms with van der Waals surface area (Å²) in [5.41, 5.74) is 0. The summed E-state index contributed by atoms with van der Waals surface area (Å²) in [7, 11) is 0. The van der Waals surface area contributed by atoms with E-state index in [-0.39, 0.29) is 0 Å². The van der Waals surface area contributed by atoms with E-state index >= 15 is 0 Å². The Kier molecular flexibility index (Phi) is 68.5. The minimum atomic E-state index is 0.773. The fourth-order valence-electron chi connectivity index (χ4n) is 1.39. The van der Waals surface area contributed by atoms with Crippen LogP contribution >= 0.6 is 0 Å². The first-order valence-corrected chi connectivity index (χ1v) is 9.41. The van der Waals surface area contributed by atoms with Gasteiger partial charge in [-0.3, -0.25) is 0 Å². The Morgan fingerprint density at radius 2 is 0.900 bits per heavy atom. The molecule has 0 amide bonds. The van der Waals surface area contributed by atoms with Gasteiger partial charge >= 0.3 is 0 Å².